The number of amides is 1. The van der Waals surface area contributed by atoms with Crippen LogP contribution in [0.25, 0.3) is 0 Å². The number of hydrazone groups is 1. The van der Waals surface area contributed by atoms with Gasteiger partial charge in [0.05, 0.1) is 27.7 Å². The van der Waals surface area contributed by atoms with Gasteiger partial charge in [0.25, 0.3) is 11.6 Å². The first-order chi connectivity index (χ1) is 11.8. The molecule has 0 radical (unpaired) electrons. The Kier molecular flexibility index (Phi) is 4.88. The number of hydrogen-bond donors (Lipinski definition) is 3. The molecule has 0 bridgehead atoms. The number of para-hydroxylation sites is 1. The maximum atomic E-state index is 12.0. The monoisotopic (exact) mass is 346 g/mol. The van der Waals surface area contributed by atoms with Crippen molar-refractivity contribution in [1.82, 2.24) is 5.43 Å². The Bertz CT molecular complexity index is 895. The molecule has 128 valence electrons. The number of rotatable bonds is 5. The summed E-state index contributed by atoms with van der Waals surface area (Å²) in [4.78, 5) is 31.7. The van der Waals surface area contributed by atoms with Gasteiger partial charge in [0, 0.05) is 11.6 Å². The van der Waals surface area contributed by atoms with E-state index in [1.807, 2.05) is 5.43 Å². The molecule has 0 heterocycles. The smallest absolute Gasteiger partial charge is 0.318 e. The molecular formula is C14H10N4O7. The van der Waals surface area contributed by atoms with Gasteiger partial charge in [-0.2, -0.15) is 5.10 Å². The van der Waals surface area contributed by atoms with Crippen molar-refractivity contribution < 1.29 is 24.9 Å². The number of nitrogens with zero attached hydrogens (tertiary/aromatic N) is 3. The molecule has 0 atom stereocenters. The maximum absolute atomic E-state index is 12.0. The van der Waals surface area contributed by atoms with E-state index < -0.39 is 38.4 Å². The van der Waals surface area contributed by atoms with Crippen LogP contribution in [0.2, 0.25) is 0 Å². The topological polar surface area (TPSA) is 168 Å². The average Bonchev–Trinajstić information content (AvgIpc) is 2.56. The van der Waals surface area contributed by atoms with E-state index in [0.717, 1.165) is 6.21 Å². The van der Waals surface area contributed by atoms with E-state index in [1.165, 1.54) is 12.1 Å². The van der Waals surface area contributed by atoms with Crippen LogP contribution in [0.3, 0.4) is 0 Å². The van der Waals surface area contributed by atoms with E-state index in [1.54, 1.807) is 12.1 Å². The van der Waals surface area contributed by atoms with Crippen molar-refractivity contribution in [2.75, 3.05) is 0 Å². The van der Waals surface area contributed by atoms with Crippen LogP contribution in [-0.2, 0) is 0 Å². The standard InChI is InChI=1S/C14H10N4O7/c19-12-4-2-1-3-8(12)7-15-16-14(21)10-5-9(17(22)23)6-11(13(10)20)18(24)25/h1-7,19-20H,(H,16,21). The minimum Gasteiger partial charge on any atom is -0.507 e. The zero-order valence-corrected chi connectivity index (χ0v) is 12.3. The normalized spacial score (nSPS) is 10.6. The Morgan fingerprint density at radius 1 is 1.12 bits per heavy atom. The van der Waals surface area contributed by atoms with Crippen LogP contribution in [0, 0.1) is 20.2 Å². The molecular weight excluding hydrogens is 336 g/mol. The zero-order valence-electron chi connectivity index (χ0n) is 12.3. The van der Waals surface area contributed by atoms with Gasteiger partial charge in [-0.15, -0.1) is 0 Å². The van der Waals surface area contributed by atoms with Crippen LogP contribution in [0.1, 0.15) is 15.9 Å². The molecule has 1 amide bonds. The van der Waals surface area contributed by atoms with Gasteiger partial charge in [-0.1, -0.05) is 12.1 Å². The number of benzene rings is 2. The van der Waals surface area contributed by atoms with Crippen LogP contribution in [-0.4, -0.2) is 32.2 Å². The summed E-state index contributed by atoms with van der Waals surface area (Å²) in [6.07, 6.45) is 1.09. The van der Waals surface area contributed by atoms with Gasteiger partial charge < -0.3 is 10.2 Å². The fourth-order valence-electron chi connectivity index (χ4n) is 1.84. The fraction of sp³-hybridized carbons (Fsp3) is 0. The highest BCUT2D eigenvalue weighted by Gasteiger charge is 2.27. The van der Waals surface area contributed by atoms with E-state index in [0.29, 0.717) is 12.1 Å². The number of carbonyl (C=O) groups is 1. The van der Waals surface area contributed by atoms with Crippen LogP contribution in [0.5, 0.6) is 11.5 Å². The number of phenolic OH excluding ortho intramolecular Hbond substituents is 2. The average molecular weight is 346 g/mol. The predicted octanol–water partition coefficient (Wildman–Crippen LogP) is 1.68. The lowest BCUT2D eigenvalue weighted by Crippen LogP contribution is -2.18. The number of hydrogen-bond acceptors (Lipinski definition) is 8. The number of nitro benzene ring substituents is 2. The van der Waals surface area contributed by atoms with Crippen molar-refractivity contribution >= 4 is 23.5 Å². The highest BCUT2D eigenvalue weighted by atomic mass is 16.6. The molecule has 2 aromatic rings. The van der Waals surface area contributed by atoms with Crippen molar-refractivity contribution in [2.24, 2.45) is 5.10 Å². The second-order valence-corrected chi connectivity index (χ2v) is 4.63. The molecule has 11 nitrogen and oxygen atoms in total. The zero-order chi connectivity index (χ0) is 18.6. The lowest BCUT2D eigenvalue weighted by molar-refractivity contribution is -0.394. The van der Waals surface area contributed by atoms with Gasteiger partial charge in [0.1, 0.15) is 5.75 Å². The van der Waals surface area contributed by atoms with Gasteiger partial charge in [-0.3, -0.25) is 25.0 Å². The Morgan fingerprint density at radius 2 is 1.80 bits per heavy atom. The molecule has 2 rings (SSSR count). The molecule has 0 aliphatic heterocycles. The minimum atomic E-state index is -1.10. The summed E-state index contributed by atoms with van der Waals surface area (Å²) >= 11 is 0. The van der Waals surface area contributed by atoms with Crippen molar-refractivity contribution in [2.45, 2.75) is 0 Å². The minimum absolute atomic E-state index is 0.102. The molecule has 0 aromatic heterocycles. The van der Waals surface area contributed by atoms with E-state index in [2.05, 4.69) is 5.10 Å². The van der Waals surface area contributed by atoms with Crippen molar-refractivity contribution in [3.05, 3.63) is 67.8 Å². The number of phenols is 2. The Morgan fingerprint density at radius 3 is 2.40 bits per heavy atom. The molecule has 0 aliphatic rings. The van der Waals surface area contributed by atoms with Gasteiger partial charge >= 0.3 is 5.69 Å². The molecule has 3 N–H and O–H groups in total. The number of aromatic hydroxyl groups is 2. The van der Waals surface area contributed by atoms with Crippen LogP contribution in [0.4, 0.5) is 11.4 Å². The predicted molar refractivity (Wildman–Crippen MR) is 84.6 cm³/mol. The number of nitrogens with one attached hydrogen (secondary N) is 1. The quantitative estimate of drug-likeness (QED) is 0.420. The molecule has 0 saturated carbocycles. The third-order valence-corrected chi connectivity index (χ3v) is 3.03. The Labute approximate surface area is 139 Å². The SMILES string of the molecule is O=C(NN=Cc1ccccc1O)c1cc([N+](=O)[O-])cc([N+](=O)[O-])c1O. The summed E-state index contributed by atoms with van der Waals surface area (Å²) in [7, 11) is 0. The second-order valence-electron chi connectivity index (χ2n) is 4.63. The molecule has 25 heavy (non-hydrogen) atoms. The summed E-state index contributed by atoms with van der Waals surface area (Å²) < 4.78 is 0. The van der Waals surface area contributed by atoms with Crippen molar-refractivity contribution in [3.8, 4) is 11.5 Å². The maximum Gasteiger partial charge on any atom is 0.318 e. The fourth-order valence-corrected chi connectivity index (χ4v) is 1.84. The van der Waals surface area contributed by atoms with Crippen LogP contribution in [0.15, 0.2) is 41.5 Å². The first-order valence-electron chi connectivity index (χ1n) is 6.58. The lowest BCUT2D eigenvalue weighted by Gasteiger charge is -2.04. The summed E-state index contributed by atoms with van der Waals surface area (Å²) in [6.45, 7) is 0. The van der Waals surface area contributed by atoms with Gasteiger partial charge in [0.15, 0.2) is 0 Å². The summed E-state index contributed by atoms with van der Waals surface area (Å²) in [5.74, 6) is -2.23. The lowest BCUT2D eigenvalue weighted by atomic mass is 10.1. The third kappa shape index (κ3) is 3.85. The molecule has 0 aliphatic carbocycles. The highest BCUT2D eigenvalue weighted by Crippen LogP contribution is 2.34. The number of carbonyl (C=O) groups excluding carboxylic acids is 1. The molecule has 0 fully saturated rings. The summed E-state index contributed by atoms with van der Waals surface area (Å²) in [6, 6.07) is 7.30. The van der Waals surface area contributed by atoms with E-state index in [-0.39, 0.29) is 11.3 Å². The molecule has 2 aromatic carbocycles. The second kappa shape index (κ2) is 7.04. The highest BCUT2D eigenvalue weighted by molar-refractivity contribution is 5.99. The Balaban J connectivity index is 2.31. The largest absolute Gasteiger partial charge is 0.507 e. The van der Waals surface area contributed by atoms with Crippen molar-refractivity contribution in [3.63, 3.8) is 0 Å². The third-order valence-electron chi connectivity index (χ3n) is 3.03. The number of nitro groups is 2. The first-order valence-corrected chi connectivity index (χ1v) is 6.58. The van der Waals surface area contributed by atoms with E-state index in [9.17, 15) is 35.2 Å². The van der Waals surface area contributed by atoms with Crippen LogP contribution < -0.4 is 5.43 Å². The first kappa shape index (κ1) is 17.3. The van der Waals surface area contributed by atoms with Crippen molar-refractivity contribution in [1.29, 1.82) is 0 Å². The van der Waals surface area contributed by atoms with E-state index in [4.69, 9.17) is 0 Å². The summed E-state index contributed by atoms with van der Waals surface area (Å²) in [5.41, 5.74) is -0.167. The van der Waals surface area contributed by atoms with E-state index >= 15 is 0 Å². The molecule has 0 spiro atoms. The molecule has 0 unspecified atom stereocenters. The van der Waals surface area contributed by atoms with Gasteiger partial charge in [-0.25, -0.2) is 5.43 Å². The van der Waals surface area contributed by atoms with Gasteiger partial charge in [-0.05, 0) is 12.1 Å². The molecule has 0 saturated heterocycles. The van der Waals surface area contributed by atoms with Gasteiger partial charge in [0.2, 0.25) is 5.75 Å². The number of non-ortho nitro benzene ring substituents is 1. The Hall–Kier alpha value is -4.02. The summed E-state index contributed by atoms with van der Waals surface area (Å²) in [5, 5.41) is 44.5. The molecule has 11 heteroatoms. The van der Waals surface area contributed by atoms with Crippen LogP contribution >= 0.6 is 0 Å².